The van der Waals surface area contributed by atoms with Crippen LogP contribution in [-0.2, 0) is 6.61 Å². The first-order chi connectivity index (χ1) is 9.22. The van der Waals surface area contributed by atoms with Crippen molar-refractivity contribution in [2.75, 3.05) is 24.0 Å². The lowest BCUT2D eigenvalue weighted by atomic mass is 10.2. The van der Waals surface area contributed by atoms with Gasteiger partial charge < -0.3 is 10.0 Å². The van der Waals surface area contributed by atoms with E-state index in [-0.39, 0.29) is 6.61 Å². The Labute approximate surface area is 118 Å². The first-order valence-corrected chi connectivity index (χ1v) is 7.90. The van der Waals surface area contributed by atoms with Crippen LogP contribution in [0, 0.1) is 0 Å². The molecule has 5 heteroatoms. The highest BCUT2D eigenvalue weighted by molar-refractivity contribution is 7.98. The van der Waals surface area contributed by atoms with Gasteiger partial charge in [0.15, 0.2) is 5.82 Å². The first kappa shape index (κ1) is 14.2. The first-order valence-electron chi connectivity index (χ1n) is 6.51. The summed E-state index contributed by atoms with van der Waals surface area (Å²) in [5.74, 6) is 1.95. The fraction of sp³-hybridized carbons (Fsp3) is 0.500. The van der Waals surface area contributed by atoms with E-state index in [1.54, 1.807) is 0 Å². The Hall–Kier alpha value is -1.20. The van der Waals surface area contributed by atoms with Crippen molar-refractivity contribution in [2.45, 2.75) is 26.0 Å². The van der Waals surface area contributed by atoms with Crippen LogP contribution >= 0.6 is 11.8 Å². The third kappa shape index (κ3) is 2.72. The summed E-state index contributed by atoms with van der Waals surface area (Å²) in [5, 5.41) is 9.65. The van der Waals surface area contributed by atoms with E-state index >= 15 is 0 Å². The standard InChI is InChI=1S/C14H21N3OS/c1-4-11(10-19-3)16(2)14-12(9-18)17-8-6-5-7-13(17)15-14/h5-8,11,18H,4,9-10H2,1-3H3. The lowest BCUT2D eigenvalue weighted by Gasteiger charge is -2.27. The Morgan fingerprint density at radius 1 is 1.47 bits per heavy atom. The van der Waals surface area contributed by atoms with Gasteiger partial charge in [0.1, 0.15) is 5.65 Å². The molecule has 0 saturated heterocycles. The van der Waals surface area contributed by atoms with Gasteiger partial charge in [-0.3, -0.25) is 4.40 Å². The van der Waals surface area contributed by atoms with Crippen LogP contribution < -0.4 is 4.90 Å². The van der Waals surface area contributed by atoms with Crippen LogP contribution in [-0.4, -0.2) is 39.6 Å². The zero-order chi connectivity index (χ0) is 13.8. The average Bonchev–Trinajstić information content (AvgIpc) is 2.82. The number of aliphatic hydroxyl groups is 1. The number of rotatable bonds is 6. The maximum Gasteiger partial charge on any atom is 0.153 e. The quantitative estimate of drug-likeness (QED) is 0.881. The molecule has 104 valence electrons. The monoisotopic (exact) mass is 279 g/mol. The van der Waals surface area contributed by atoms with Gasteiger partial charge in [-0.1, -0.05) is 13.0 Å². The predicted octanol–water partition coefficient (Wildman–Crippen LogP) is 2.40. The van der Waals surface area contributed by atoms with Crippen molar-refractivity contribution in [3.63, 3.8) is 0 Å². The van der Waals surface area contributed by atoms with E-state index in [0.717, 1.165) is 29.3 Å². The molecule has 1 atom stereocenters. The van der Waals surface area contributed by atoms with Crippen molar-refractivity contribution >= 4 is 23.2 Å². The zero-order valence-corrected chi connectivity index (χ0v) is 12.5. The molecule has 2 aromatic heterocycles. The highest BCUT2D eigenvalue weighted by atomic mass is 32.2. The molecule has 0 amide bonds. The van der Waals surface area contributed by atoms with Crippen LogP contribution in [0.25, 0.3) is 5.65 Å². The summed E-state index contributed by atoms with van der Waals surface area (Å²) in [7, 11) is 2.06. The van der Waals surface area contributed by atoms with E-state index in [2.05, 4.69) is 30.1 Å². The third-order valence-electron chi connectivity index (χ3n) is 3.47. The molecule has 0 spiro atoms. The summed E-state index contributed by atoms with van der Waals surface area (Å²) >= 11 is 1.84. The molecule has 4 nitrogen and oxygen atoms in total. The van der Waals surface area contributed by atoms with E-state index in [9.17, 15) is 5.11 Å². The number of pyridine rings is 1. The van der Waals surface area contributed by atoms with Crippen LogP contribution in [0.2, 0.25) is 0 Å². The molecule has 0 aliphatic rings. The maximum absolute atomic E-state index is 9.65. The van der Waals surface area contributed by atoms with E-state index in [1.807, 2.05) is 40.6 Å². The summed E-state index contributed by atoms with van der Waals surface area (Å²) in [4.78, 5) is 6.84. The van der Waals surface area contributed by atoms with Gasteiger partial charge in [0.05, 0.1) is 12.3 Å². The van der Waals surface area contributed by atoms with Gasteiger partial charge in [-0.15, -0.1) is 0 Å². The number of hydrogen-bond donors (Lipinski definition) is 1. The van der Waals surface area contributed by atoms with Gasteiger partial charge in [0.2, 0.25) is 0 Å². The van der Waals surface area contributed by atoms with Gasteiger partial charge in [-0.2, -0.15) is 11.8 Å². The average molecular weight is 279 g/mol. The van der Waals surface area contributed by atoms with Crippen molar-refractivity contribution in [2.24, 2.45) is 0 Å². The van der Waals surface area contributed by atoms with Crippen LogP contribution in [0.3, 0.4) is 0 Å². The number of nitrogens with zero attached hydrogens (tertiary/aromatic N) is 3. The molecule has 1 unspecified atom stereocenters. The molecular formula is C14H21N3OS. The third-order valence-corrected chi connectivity index (χ3v) is 4.19. The van der Waals surface area contributed by atoms with E-state index < -0.39 is 0 Å². The largest absolute Gasteiger partial charge is 0.390 e. The van der Waals surface area contributed by atoms with E-state index in [4.69, 9.17) is 0 Å². The van der Waals surface area contributed by atoms with Crippen molar-refractivity contribution < 1.29 is 5.11 Å². The minimum atomic E-state index is 0.000551. The molecule has 0 bridgehead atoms. The van der Waals surface area contributed by atoms with Gasteiger partial charge in [-0.05, 0) is 24.8 Å². The summed E-state index contributed by atoms with van der Waals surface area (Å²) in [5.41, 5.74) is 1.74. The smallest absolute Gasteiger partial charge is 0.153 e. The van der Waals surface area contributed by atoms with Crippen molar-refractivity contribution in [1.29, 1.82) is 0 Å². The lowest BCUT2D eigenvalue weighted by Crippen LogP contribution is -2.34. The second-order valence-electron chi connectivity index (χ2n) is 4.60. The second-order valence-corrected chi connectivity index (χ2v) is 5.51. The van der Waals surface area contributed by atoms with E-state index in [1.165, 1.54) is 0 Å². The minimum Gasteiger partial charge on any atom is -0.390 e. The molecular weight excluding hydrogens is 258 g/mol. The van der Waals surface area contributed by atoms with Crippen molar-refractivity contribution in [1.82, 2.24) is 9.38 Å². The number of imidazole rings is 1. The van der Waals surface area contributed by atoms with Crippen LogP contribution in [0.15, 0.2) is 24.4 Å². The van der Waals surface area contributed by atoms with Crippen LogP contribution in [0.1, 0.15) is 19.0 Å². The number of fused-ring (bicyclic) bond motifs is 1. The fourth-order valence-corrected chi connectivity index (χ4v) is 3.18. The normalized spacial score (nSPS) is 12.8. The molecule has 0 saturated carbocycles. The van der Waals surface area contributed by atoms with Gasteiger partial charge in [-0.25, -0.2) is 4.98 Å². The Morgan fingerprint density at radius 3 is 2.89 bits per heavy atom. The number of aliphatic hydroxyl groups excluding tert-OH is 1. The molecule has 0 fully saturated rings. The number of hydrogen-bond acceptors (Lipinski definition) is 4. The van der Waals surface area contributed by atoms with Gasteiger partial charge in [0, 0.05) is 25.0 Å². The molecule has 19 heavy (non-hydrogen) atoms. The Balaban J connectivity index is 2.43. The molecule has 0 aromatic carbocycles. The maximum atomic E-state index is 9.65. The number of thioether (sulfide) groups is 1. The topological polar surface area (TPSA) is 40.8 Å². The summed E-state index contributed by atoms with van der Waals surface area (Å²) in [6.45, 7) is 2.19. The molecule has 1 N–H and O–H groups in total. The summed E-state index contributed by atoms with van der Waals surface area (Å²) < 4.78 is 1.96. The lowest BCUT2D eigenvalue weighted by molar-refractivity contribution is 0.276. The molecule has 0 aliphatic carbocycles. The SMILES string of the molecule is CCC(CSC)N(C)c1nc2ccccn2c1CO. The molecule has 0 aliphatic heterocycles. The molecule has 0 radical (unpaired) electrons. The highest BCUT2D eigenvalue weighted by Crippen LogP contribution is 2.24. The van der Waals surface area contributed by atoms with Gasteiger partial charge >= 0.3 is 0 Å². The highest BCUT2D eigenvalue weighted by Gasteiger charge is 2.20. The molecule has 2 aromatic rings. The number of aromatic nitrogens is 2. The van der Waals surface area contributed by atoms with Crippen molar-refractivity contribution in [3.8, 4) is 0 Å². The van der Waals surface area contributed by atoms with Crippen LogP contribution in [0.4, 0.5) is 5.82 Å². The molecule has 2 heterocycles. The Bertz CT molecular complexity index is 540. The number of anilines is 1. The predicted molar refractivity (Wildman–Crippen MR) is 82.0 cm³/mol. The van der Waals surface area contributed by atoms with Gasteiger partial charge in [0.25, 0.3) is 0 Å². The Morgan fingerprint density at radius 2 is 2.26 bits per heavy atom. The minimum absolute atomic E-state index is 0.000551. The molecule has 2 rings (SSSR count). The Kier molecular flexibility index (Phi) is 4.71. The van der Waals surface area contributed by atoms with Crippen molar-refractivity contribution in [3.05, 3.63) is 30.1 Å². The van der Waals surface area contributed by atoms with E-state index in [0.29, 0.717) is 6.04 Å². The van der Waals surface area contributed by atoms with Crippen LogP contribution in [0.5, 0.6) is 0 Å². The zero-order valence-electron chi connectivity index (χ0n) is 11.7. The summed E-state index contributed by atoms with van der Waals surface area (Å²) in [6.07, 6.45) is 5.13. The summed E-state index contributed by atoms with van der Waals surface area (Å²) in [6, 6.07) is 6.32. The fourth-order valence-electron chi connectivity index (χ4n) is 2.33. The second kappa shape index (κ2) is 6.30.